The predicted molar refractivity (Wildman–Crippen MR) is 90.5 cm³/mol. The average Bonchev–Trinajstić information content (AvgIpc) is 2.41. The lowest BCUT2D eigenvalue weighted by Gasteiger charge is -2.40. The topological polar surface area (TPSA) is 47.9 Å². The predicted octanol–water partition coefficient (Wildman–Crippen LogP) is 3.26. The summed E-state index contributed by atoms with van der Waals surface area (Å²) in [4.78, 5) is 0. The van der Waals surface area contributed by atoms with Crippen LogP contribution in [-0.4, -0.2) is 51.1 Å². The fraction of sp³-hybridized carbons (Fsp3) is 0.882. The zero-order valence-corrected chi connectivity index (χ0v) is 15.7. The van der Waals surface area contributed by atoms with E-state index in [4.69, 9.17) is 13.9 Å². The maximum absolute atomic E-state index is 10.3. The molecule has 0 aromatic carbocycles. The summed E-state index contributed by atoms with van der Waals surface area (Å²) < 4.78 is 18.3. The van der Waals surface area contributed by atoms with Crippen LogP contribution in [0.5, 0.6) is 0 Å². The van der Waals surface area contributed by atoms with Crippen molar-refractivity contribution in [3.05, 3.63) is 12.2 Å². The number of ether oxygens (including phenoxy) is 2. The monoisotopic (exact) mass is 328 g/mol. The molecule has 4 atom stereocenters. The van der Waals surface area contributed by atoms with Crippen LogP contribution in [0, 0.1) is 0 Å². The molecule has 0 spiro atoms. The van der Waals surface area contributed by atoms with E-state index in [1.54, 1.807) is 0 Å². The lowest BCUT2D eigenvalue weighted by Crippen LogP contribution is -2.48. The van der Waals surface area contributed by atoms with E-state index in [0.29, 0.717) is 6.61 Å². The number of aliphatic hydroxyl groups excluding tert-OH is 1. The van der Waals surface area contributed by atoms with Gasteiger partial charge in [-0.1, -0.05) is 32.9 Å². The molecule has 4 nitrogen and oxygen atoms in total. The van der Waals surface area contributed by atoms with Crippen molar-refractivity contribution in [1.82, 2.24) is 0 Å². The highest BCUT2D eigenvalue weighted by Gasteiger charge is 2.39. The Morgan fingerprint density at radius 3 is 2.68 bits per heavy atom. The minimum absolute atomic E-state index is 0.0707. The summed E-state index contributed by atoms with van der Waals surface area (Å²) in [5, 5.41) is 10.5. The van der Waals surface area contributed by atoms with Crippen LogP contribution < -0.4 is 0 Å². The fourth-order valence-corrected chi connectivity index (χ4v) is 3.63. The first kappa shape index (κ1) is 18.1. The lowest BCUT2D eigenvalue weighted by molar-refractivity contribution is -0.156. The first-order valence-corrected chi connectivity index (χ1v) is 11.4. The van der Waals surface area contributed by atoms with Gasteiger partial charge in [-0.3, -0.25) is 0 Å². The zero-order valence-electron chi connectivity index (χ0n) is 14.7. The van der Waals surface area contributed by atoms with E-state index < -0.39 is 14.4 Å². The summed E-state index contributed by atoms with van der Waals surface area (Å²) in [6.07, 6.45) is 5.97. The Balaban J connectivity index is 2.01. The van der Waals surface area contributed by atoms with Gasteiger partial charge < -0.3 is 19.0 Å². The quantitative estimate of drug-likeness (QED) is 0.638. The van der Waals surface area contributed by atoms with Gasteiger partial charge in [-0.25, -0.2) is 0 Å². The van der Waals surface area contributed by atoms with Crippen molar-refractivity contribution < 1.29 is 19.0 Å². The van der Waals surface area contributed by atoms with E-state index >= 15 is 0 Å². The molecule has 5 heteroatoms. The third-order valence-corrected chi connectivity index (χ3v) is 9.73. The second-order valence-corrected chi connectivity index (χ2v) is 12.8. The third-order valence-electron chi connectivity index (χ3n) is 5.23. The molecule has 0 aliphatic carbocycles. The summed E-state index contributed by atoms with van der Waals surface area (Å²) in [6.45, 7) is 12.4. The molecule has 2 heterocycles. The third kappa shape index (κ3) is 4.42. The molecule has 128 valence electrons. The minimum Gasteiger partial charge on any atom is -0.414 e. The molecule has 0 saturated carbocycles. The molecule has 1 N–H and O–H groups in total. The summed E-state index contributed by atoms with van der Waals surface area (Å²) in [7, 11) is -1.84. The molecule has 0 amide bonds. The van der Waals surface area contributed by atoms with Crippen molar-refractivity contribution in [1.29, 1.82) is 0 Å². The second-order valence-electron chi connectivity index (χ2n) is 7.99. The Kier molecular flexibility index (Phi) is 5.88. The largest absolute Gasteiger partial charge is 0.414 e. The van der Waals surface area contributed by atoms with Crippen molar-refractivity contribution in [2.75, 3.05) is 13.2 Å². The standard InChI is InChI=1S/C17H32O4Si/c1-17(2,3)22(4,5)20-12-16-13(18)8-6-9-14-15(21-16)10-7-11-19-14/h6,8,13-16,18H,7,9-12H2,1-5H3/b8-6-/t13-,14+,15-,16-/m0/s1. The van der Waals surface area contributed by atoms with Crippen LogP contribution in [0.1, 0.15) is 40.0 Å². The highest BCUT2D eigenvalue weighted by atomic mass is 28.4. The van der Waals surface area contributed by atoms with Gasteiger partial charge in [-0.2, -0.15) is 0 Å². The van der Waals surface area contributed by atoms with Crippen molar-refractivity contribution in [2.45, 2.75) is 82.6 Å². The van der Waals surface area contributed by atoms with Crippen LogP contribution in [0.25, 0.3) is 0 Å². The molecule has 22 heavy (non-hydrogen) atoms. The van der Waals surface area contributed by atoms with Gasteiger partial charge in [0.15, 0.2) is 8.32 Å². The van der Waals surface area contributed by atoms with Crippen molar-refractivity contribution in [2.24, 2.45) is 0 Å². The van der Waals surface area contributed by atoms with Gasteiger partial charge in [0.25, 0.3) is 0 Å². The maximum Gasteiger partial charge on any atom is 0.192 e. The van der Waals surface area contributed by atoms with Crippen LogP contribution in [0.15, 0.2) is 12.2 Å². The van der Waals surface area contributed by atoms with E-state index in [2.05, 4.69) is 33.9 Å². The van der Waals surface area contributed by atoms with Crippen LogP contribution in [0.2, 0.25) is 18.1 Å². The molecule has 0 bridgehead atoms. The van der Waals surface area contributed by atoms with Crippen molar-refractivity contribution >= 4 is 8.32 Å². The Bertz CT molecular complexity index is 389. The van der Waals surface area contributed by atoms with Crippen LogP contribution in [0.4, 0.5) is 0 Å². The summed E-state index contributed by atoms with van der Waals surface area (Å²) in [6, 6.07) is 0. The molecule has 1 saturated heterocycles. The molecular formula is C17H32O4Si. The molecule has 0 unspecified atom stereocenters. The second kappa shape index (κ2) is 7.14. The van der Waals surface area contributed by atoms with Gasteiger partial charge in [-0.15, -0.1) is 0 Å². The molecule has 2 aliphatic heterocycles. The summed E-state index contributed by atoms with van der Waals surface area (Å²) in [5.41, 5.74) is 0. The maximum atomic E-state index is 10.3. The van der Waals surface area contributed by atoms with Gasteiger partial charge in [0.1, 0.15) is 12.2 Å². The Hall–Kier alpha value is -0.203. The molecular weight excluding hydrogens is 296 g/mol. The molecule has 0 aromatic heterocycles. The van der Waals surface area contributed by atoms with E-state index in [1.807, 2.05) is 12.2 Å². The van der Waals surface area contributed by atoms with Crippen molar-refractivity contribution in [3.8, 4) is 0 Å². The van der Waals surface area contributed by atoms with Gasteiger partial charge in [-0.05, 0) is 37.4 Å². The van der Waals surface area contributed by atoms with E-state index in [9.17, 15) is 5.11 Å². The number of aliphatic hydroxyl groups is 1. The SMILES string of the molecule is CC(C)(C)[Si](C)(C)OC[C@@H]1O[C@H]2CCCO[C@@H]2C/C=C\[C@@H]1O. The highest BCUT2D eigenvalue weighted by molar-refractivity contribution is 6.74. The Morgan fingerprint density at radius 1 is 1.27 bits per heavy atom. The number of hydrogen-bond donors (Lipinski definition) is 1. The van der Waals surface area contributed by atoms with Crippen molar-refractivity contribution in [3.63, 3.8) is 0 Å². The minimum atomic E-state index is -1.84. The number of hydrogen-bond acceptors (Lipinski definition) is 4. The smallest absolute Gasteiger partial charge is 0.192 e. The van der Waals surface area contributed by atoms with Gasteiger partial charge in [0, 0.05) is 6.61 Å². The van der Waals surface area contributed by atoms with E-state index in [1.165, 1.54) is 0 Å². The molecule has 0 aromatic rings. The molecule has 0 radical (unpaired) electrons. The fourth-order valence-electron chi connectivity index (χ4n) is 2.61. The Morgan fingerprint density at radius 2 is 2.00 bits per heavy atom. The number of fused-ring (bicyclic) bond motifs is 1. The summed E-state index contributed by atoms with van der Waals surface area (Å²) in [5.74, 6) is 0. The zero-order chi connectivity index (χ0) is 16.4. The van der Waals surface area contributed by atoms with Gasteiger partial charge in [0.2, 0.25) is 0 Å². The van der Waals surface area contributed by atoms with Crippen LogP contribution >= 0.6 is 0 Å². The molecule has 2 rings (SSSR count). The molecule has 1 fully saturated rings. The Labute approximate surface area is 136 Å². The van der Waals surface area contributed by atoms with Crippen LogP contribution in [0.3, 0.4) is 0 Å². The van der Waals surface area contributed by atoms with Gasteiger partial charge in [0.05, 0.1) is 18.8 Å². The highest BCUT2D eigenvalue weighted by Crippen LogP contribution is 2.37. The average molecular weight is 329 g/mol. The first-order chi connectivity index (χ1) is 10.2. The normalized spacial score (nSPS) is 35.4. The van der Waals surface area contributed by atoms with Gasteiger partial charge >= 0.3 is 0 Å². The first-order valence-electron chi connectivity index (χ1n) is 8.46. The lowest BCUT2D eigenvalue weighted by atomic mass is 9.99. The van der Waals surface area contributed by atoms with E-state index in [-0.39, 0.29) is 23.4 Å². The summed E-state index contributed by atoms with van der Waals surface area (Å²) >= 11 is 0. The molecule has 2 aliphatic rings. The number of rotatable bonds is 3. The van der Waals surface area contributed by atoms with Crippen LogP contribution in [-0.2, 0) is 13.9 Å². The van der Waals surface area contributed by atoms with E-state index in [0.717, 1.165) is 25.9 Å².